The number of nitrogens with one attached hydrogen (secondary N) is 1. The number of aromatic nitrogens is 1. The number of nitrogens with zero attached hydrogens (tertiary/aromatic N) is 1. The molecule has 0 aromatic carbocycles. The van der Waals surface area contributed by atoms with Gasteiger partial charge >= 0.3 is 5.97 Å². The Morgan fingerprint density at radius 2 is 2.17 bits per heavy atom. The molecule has 0 aliphatic carbocycles. The molecule has 96 valence electrons. The van der Waals surface area contributed by atoms with Gasteiger partial charge in [-0.25, -0.2) is 9.78 Å². The minimum absolute atomic E-state index is 0.0518. The van der Waals surface area contributed by atoms with Gasteiger partial charge in [0.2, 0.25) is 5.91 Å². The highest BCUT2D eigenvalue weighted by Crippen LogP contribution is 2.12. The summed E-state index contributed by atoms with van der Waals surface area (Å²) in [5.41, 5.74) is 7.08. The standard InChI is InChI=1S/C12H15N3O3/c1-7-4-9(6-14-11(7)13)5-10(12(17)18-3)15-8(2)16/h4-6H,1-3H3,(H2,13,14)(H,15,16)/b10-5-. The molecule has 18 heavy (non-hydrogen) atoms. The molecule has 6 nitrogen and oxygen atoms in total. The first-order valence-electron chi connectivity index (χ1n) is 5.23. The van der Waals surface area contributed by atoms with Crippen molar-refractivity contribution in [1.82, 2.24) is 10.3 Å². The van der Waals surface area contributed by atoms with Crippen LogP contribution in [0.1, 0.15) is 18.1 Å². The monoisotopic (exact) mass is 249 g/mol. The van der Waals surface area contributed by atoms with E-state index in [2.05, 4.69) is 15.0 Å². The number of amides is 1. The van der Waals surface area contributed by atoms with Crippen molar-refractivity contribution >= 4 is 23.8 Å². The summed E-state index contributed by atoms with van der Waals surface area (Å²) in [7, 11) is 1.24. The van der Waals surface area contributed by atoms with Gasteiger partial charge in [-0.05, 0) is 30.2 Å². The molecule has 1 amide bonds. The first-order valence-corrected chi connectivity index (χ1v) is 5.23. The Hall–Kier alpha value is -2.37. The lowest BCUT2D eigenvalue weighted by Gasteiger charge is -2.06. The molecule has 3 N–H and O–H groups in total. The molecule has 1 rings (SSSR count). The van der Waals surface area contributed by atoms with Crippen molar-refractivity contribution in [3.63, 3.8) is 0 Å². The third-order valence-electron chi connectivity index (χ3n) is 2.17. The number of ether oxygens (including phenoxy) is 1. The third-order valence-corrected chi connectivity index (χ3v) is 2.17. The minimum atomic E-state index is -0.625. The maximum Gasteiger partial charge on any atom is 0.354 e. The Morgan fingerprint density at radius 3 is 2.67 bits per heavy atom. The van der Waals surface area contributed by atoms with Gasteiger partial charge in [0.05, 0.1) is 7.11 Å². The number of methoxy groups -OCH3 is 1. The second kappa shape index (κ2) is 5.81. The summed E-state index contributed by atoms with van der Waals surface area (Å²) in [6.45, 7) is 3.11. The molecule has 0 radical (unpaired) electrons. The molecule has 1 aromatic rings. The topological polar surface area (TPSA) is 94.3 Å². The molecule has 0 aliphatic rings. The van der Waals surface area contributed by atoms with E-state index >= 15 is 0 Å². The van der Waals surface area contributed by atoms with E-state index < -0.39 is 5.97 Å². The smallest absolute Gasteiger partial charge is 0.354 e. The van der Waals surface area contributed by atoms with Gasteiger partial charge in [-0.2, -0.15) is 0 Å². The van der Waals surface area contributed by atoms with Crippen molar-refractivity contribution in [2.24, 2.45) is 0 Å². The molecule has 0 saturated heterocycles. The number of pyridine rings is 1. The summed E-state index contributed by atoms with van der Waals surface area (Å²) in [5.74, 6) is -0.558. The van der Waals surface area contributed by atoms with E-state index in [1.807, 2.05) is 0 Å². The van der Waals surface area contributed by atoms with Crippen LogP contribution in [0.2, 0.25) is 0 Å². The lowest BCUT2D eigenvalue weighted by Crippen LogP contribution is -2.25. The van der Waals surface area contributed by atoms with Crippen molar-refractivity contribution < 1.29 is 14.3 Å². The number of hydrogen-bond acceptors (Lipinski definition) is 5. The maximum absolute atomic E-state index is 11.5. The van der Waals surface area contributed by atoms with Crippen LogP contribution in [-0.2, 0) is 14.3 Å². The van der Waals surface area contributed by atoms with Gasteiger partial charge in [-0.1, -0.05) is 0 Å². The molecule has 6 heteroatoms. The molecule has 0 bridgehead atoms. The summed E-state index contributed by atoms with van der Waals surface area (Å²) in [4.78, 5) is 26.4. The Labute approximate surface area is 105 Å². The zero-order valence-corrected chi connectivity index (χ0v) is 10.5. The van der Waals surface area contributed by atoms with Crippen LogP contribution in [0.5, 0.6) is 0 Å². The number of nitrogen functional groups attached to an aromatic ring is 1. The first-order chi connectivity index (χ1) is 8.43. The van der Waals surface area contributed by atoms with Crippen LogP contribution >= 0.6 is 0 Å². The van der Waals surface area contributed by atoms with E-state index in [0.29, 0.717) is 11.4 Å². The number of carbonyl (C=O) groups is 2. The molecular weight excluding hydrogens is 234 g/mol. The first kappa shape index (κ1) is 13.7. The number of esters is 1. The van der Waals surface area contributed by atoms with Crippen molar-refractivity contribution in [1.29, 1.82) is 0 Å². The van der Waals surface area contributed by atoms with Gasteiger partial charge in [0.25, 0.3) is 0 Å². The van der Waals surface area contributed by atoms with Crippen LogP contribution < -0.4 is 11.1 Å². The zero-order valence-electron chi connectivity index (χ0n) is 10.5. The molecule has 0 aliphatic heterocycles. The summed E-state index contributed by atoms with van der Waals surface area (Å²) in [5, 5.41) is 2.40. The molecule has 1 heterocycles. The number of carbonyl (C=O) groups excluding carboxylic acids is 2. The predicted octanol–water partition coefficient (Wildman–Crippen LogP) is 0.622. The van der Waals surface area contributed by atoms with Gasteiger partial charge in [0.1, 0.15) is 11.5 Å². The second-order valence-corrected chi connectivity index (χ2v) is 3.70. The predicted molar refractivity (Wildman–Crippen MR) is 67.2 cm³/mol. The highest BCUT2D eigenvalue weighted by molar-refractivity contribution is 5.97. The van der Waals surface area contributed by atoms with Gasteiger partial charge in [0, 0.05) is 13.1 Å². The fourth-order valence-corrected chi connectivity index (χ4v) is 1.30. The van der Waals surface area contributed by atoms with E-state index in [1.165, 1.54) is 26.3 Å². The Morgan fingerprint density at radius 1 is 1.50 bits per heavy atom. The van der Waals surface area contributed by atoms with Crippen molar-refractivity contribution in [2.45, 2.75) is 13.8 Å². The number of nitrogens with two attached hydrogens (primary N) is 1. The van der Waals surface area contributed by atoms with Crippen LogP contribution in [0.25, 0.3) is 6.08 Å². The zero-order chi connectivity index (χ0) is 13.7. The Kier molecular flexibility index (Phi) is 4.42. The number of aryl methyl sites for hydroxylation is 1. The molecule has 0 spiro atoms. The van der Waals surface area contributed by atoms with E-state index in [9.17, 15) is 9.59 Å². The quantitative estimate of drug-likeness (QED) is 0.605. The Balaban J connectivity index is 3.10. The van der Waals surface area contributed by atoms with Gasteiger partial charge in [-0.15, -0.1) is 0 Å². The van der Waals surface area contributed by atoms with Crippen LogP contribution in [0.3, 0.4) is 0 Å². The van der Waals surface area contributed by atoms with Crippen molar-refractivity contribution in [2.75, 3.05) is 12.8 Å². The second-order valence-electron chi connectivity index (χ2n) is 3.70. The molecule has 0 atom stereocenters. The number of anilines is 1. The lowest BCUT2D eigenvalue weighted by molar-refractivity contribution is -0.137. The van der Waals surface area contributed by atoms with Gasteiger partial charge in [-0.3, -0.25) is 4.79 Å². The highest BCUT2D eigenvalue weighted by Gasteiger charge is 2.11. The largest absolute Gasteiger partial charge is 0.464 e. The molecule has 0 unspecified atom stereocenters. The van der Waals surface area contributed by atoms with E-state index in [0.717, 1.165) is 5.56 Å². The van der Waals surface area contributed by atoms with Crippen LogP contribution in [0.4, 0.5) is 5.82 Å². The molecule has 0 saturated carbocycles. The SMILES string of the molecule is COC(=O)/C(=C/c1cnc(N)c(C)c1)NC(C)=O. The summed E-state index contributed by atoms with van der Waals surface area (Å²) in [6.07, 6.45) is 2.99. The summed E-state index contributed by atoms with van der Waals surface area (Å²) >= 11 is 0. The third kappa shape index (κ3) is 3.58. The minimum Gasteiger partial charge on any atom is -0.464 e. The maximum atomic E-state index is 11.5. The summed E-state index contributed by atoms with van der Waals surface area (Å²) < 4.78 is 4.57. The van der Waals surface area contributed by atoms with Crippen molar-refractivity contribution in [3.05, 3.63) is 29.1 Å². The molecule has 1 aromatic heterocycles. The number of rotatable bonds is 3. The fourth-order valence-electron chi connectivity index (χ4n) is 1.30. The van der Waals surface area contributed by atoms with Crippen LogP contribution in [-0.4, -0.2) is 24.0 Å². The highest BCUT2D eigenvalue weighted by atomic mass is 16.5. The van der Waals surface area contributed by atoms with E-state index in [1.54, 1.807) is 13.0 Å². The Bertz CT molecular complexity index is 509. The molecule has 0 fully saturated rings. The van der Waals surface area contributed by atoms with Crippen LogP contribution in [0.15, 0.2) is 18.0 Å². The van der Waals surface area contributed by atoms with E-state index in [-0.39, 0.29) is 11.6 Å². The van der Waals surface area contributed by atoms with Crippen molar-refractivity contribution in [3.8, 4) is 0 Å². The van der Waals surface area contributed by atoms with E-state index in [4.69, 9.17) is 5.73 Å². The molecular formula is C12H15N3O3. The average molecular weight is 249 g/mol. The fraction of sp³-hybridized carbons (Fsp3) is 0.250. The normalized spacial score (nSPS) is 10.9. The van der Waals surface area contributed by atoms with Crippen LogP contribution in [0, 0.1) is 6.92 Å². The number of hydrogen-bond donors (Lipinski definition) is 2. The lowest BCUT2D eigenvalue weighted by atomic mass is 10.2. The van der Waals surface area contributed by atoms with Gasteiger partial charge in [0.15, 0.2) is 0 Å². The summed E-state index contributed by atoms with van der Waals surface area (Å²) in [6, 6.07) is 1.76. The average Bonchev–Trinajstić information content (AvgIpc) is 2.31. The van der Waals surface area contributed by atoms with Gasteiger partial charge < -0.3 is 15.8 Å².